The lowest BCUT2D eigenvalue weighted by Crippen LogP contribution is -2.62. The number of hydrogen-bond donors (Lipinski definition) is 9. The van der Waals surface area contributed by atoms with E-state index < -0.39 is 137 Å². The molecule has 139 heavy (non-hydrogen) atoms. The van der Waals surface area contributed by atoms with E-state index in [0.717, 1.165) is 70.5 Å². The average molecular weight is 2040 g/mol. The molecule has 11 N–H and O–H groups in total. The maximum absolute atomic E-state index is 15.5. The minimum atomic E-state index is -1.27. The van der Waals surface area contributed by atoms with Gasteiger partial charge in [0.2, 0.25) is 59.1 Å². The van der Waals surface area contributed by atoms with Crippen LogP contribution in [0.2, 0.25) is 0 Å². The van der Waals surface area contributed by atoms with Crippen molar-refractivity contribution in [2.24, 2.45) is 45.1 Å². The second-order valence-corrected chi connectivity index (χ2v) is 43.0. The SMILES string of the molecule is CC(N)=NCCCC(NC(=O)C1CC2CCCCC2N1C(=O)C1Cc2ccccc2CN1C(=O)C(COP)NC(=O)C(CC(=O)CNC(=O)C1C[C@H](OP)CN1)Cc1cccs1)C(=O)OC(C)(C)C.CC(N)=NCCCC(NC(=O)C1CC2CCCCC2N1C(=O)C1Cc2ccccc2CN1C(=O)C(COP)NC(=O)C(CC(=O)CNC(=O)C1C[C@H](OP)CN1C)Cc1cccs1)C(=O)OC(C)(C)C. The molecule has 0 spiro atoms. The summed E-state index contributed by atoms with van der Waals surface area (Å²) in [6.07, 6.45) is 9.81. The Labute approximate surface area is 832 Å². The molecule has 4 aromatic rings. The Hall–Kier alpha value is -8.76. The smallest absolute Gasteiger partial charge is 0.329 e. The number of thiophene rings is 2. The predicted molar refractivity (Wildman–Crippen MR) is 539 cm³/mol. The lowest BCUT2D eigenvalue weighted by molar-refractivity contribution is -0.160. The van der Waals surface area contributed by atoms with Gasteiger partial charge < -0.3 is 95.9 Å². The van der Waals surface area contributed by atoms with Gasteiger partial charge in [-0.2, -0.15) is 0 Å². The van der Waals surface area contributed by atoms with E-state index >= 15 is 19.2 Å². The largest absolute Gasteiger partial charge is 0.458 e. The number of esters is 2. The van der Waals surface area contributed by atoms with Crippen LogP contribution in [0.25, 0.3) is 0 Å². The highest BCUT2D eigenvalue weighted by Gasteiger charge is 2.55. The van der Waals surface area contributed by atoms with Crippen molar-refractivity contribution in [2.45, 2.75) is 306 Å². The molecule has 4 saturated heterocycles. The molecule has 42 heteroatoms. The maximum Gasteiger partial charge on any atom is 0.329 e. The lowest BCUT2D eigenvalue weighted by atomic mass is 9.84. The van der Waals surface area contributed by atoms with Gasteiger partial charge in [-0.25, -0.2) is 9.59 Å². The van der Waals surface area contributed by atoms with Crippen molar-refractivity contribution in [3.63, 3.8) is 0 Å². The fourth-order valence-electron chi connectivity index (χ4n) is 20.2. The first-order chi connectivity index (χ1) is 66.3. The summed E-state index contributed by atoms with van der Waals surface area (Å²) >= 11 is 2.87. The summed E-state index contributed by atoms with van der Waals surface area (Å²) in [6.45, 7) is 14.7. The molecule has 8 aliphatic rings. The first-order valence-electron chi connectivity index (χ1n) is 48.3. The maximum atomic E-state index is 15.5. The quantitative estimate of drug-likeness (QED) is 0.00788. The van der Waals surface area contributed by atoms with E-state index in [1.54, 1.807) is 65.2 Å². The molecule has 6 fully saturated rings. The fourth-order valence-corrected chi connectivity index (χ4v) is 22.6. The van der Waals surface area contributed by atoms with Crippen LogP contribution in [0.4, 0.5) is 0 Å². The van der Waals surface area contributed by atoms with Gasteiger partial charge in [0.1, 0.15) is 59.5 Å². The minimum Gasteiger partial charge on any atom is -0.458 e. The summed E-state index contributed by atoms with van der Waals surface area (Å²) in [5.74, 6) is -7.42. The van der Waals surface area contributed by atoms with Crippen molar-refractivity contribution < 1.29 is 94.7 Å². The molecule has 2 saturated carbocycles. The van der Waals surface area contributed by atoms with Crippen LogP contribution < -0.4 is 48.7 Å². The van der Waals surface area contributed by atoms with Crippen LogP contribution in [0.3, 0.4) is 0 Å². The number of ketones is 2. The number of rotatable bonds is 42. The summed E-state index contributed by atoms with van der Waals surface area (Å²) in [5.41, 5.74) is 13.3. The summed E-state index contributed by atoms with van der Waals surface area (Å²) in [4.78, 5) is 217. The zero-order chi connectivity index (χ0) is 101. The van der Waals surface area contributed by atoms with Gasteiger partial charge in [-0.15, -0.1) is 22.7 Å². The molecule has 36 nitrogen and oxygen atoms in total. The van der Waals surface area contributed by atoms with Gasteiger partial charge in [0.05, 0.1) is 62.3 Å². The number of Topliss-reactive ketones (excluding diaryl/α,β-unsaturated/α-hetero) is 2. The van der Waals surface area contributed by atoms with Crippen molar-refractivity contribution in [2.75, 3.05) is 59.5 Å². The van der Waals surface area contributed by atoms with Crippen LogP contribution in [-0.2, 0) is 133 Å². The van der Waals surface area contributed by atoms with E-state index in [1.165, 1.54) is 32.5 Å². The number of amides is 10. The highest BCUT2D eigenvalue weighted by molar-refractivity contribution is 7.10. The normalized spacial score (nSPS) is 23.8. The number of nitrogens with two attached hydrogens (primary N) is 2. The molecule has 12 rings (SSSR count). The number of ether oxygens (including phenoxy) is 2. The number of benzene rings is 2. The number of likely N-dealkylation sites (tertiary alicyclic amines) is 3. The number of hydrogen-bond acceptors (Lipinski definition) is 26. The third-order valence-corrected chi connectivity index (χ3v) is 29.9. The number of carbonyl (C=O) groups excluding carboxylic acids is 14. The molecule has 2 aromatic carbocycles. The number of carbonyl (C=O) groups is 14. The molecule has 10 amide bonds. The lowest BCUT2D eigenvalue weighted by Gasteiger charge is -2.42. The van der Waals surface area contributed by atoms with Gasteiger partial charge in [-0.1, -0.05) is 86.3 Å². The van der Waals surface area contributed by atoms with Crippen LogP contribution in [0.5, 0.6) is 0 Å². The molecule has 762 valence electrons. The fraction of sp³-hybridized carbons (Fsp3) is 0.629. The Morgan fingerprint density at radius 1 is 0.496 bits per heavy atom. The molecular weight excluding hydrogens is 1900 g/mol. The molecule has 20 unspecified atom stereocenters. The number of aliphatic imine (C=N–C) groups is 2. The molecular formula is C97H142N16O20P4S2. The monoisotopic (exact) mass is 2040 g/mol. The van der Waals surface area contributed by atoms with Gasteiger partial charge in [-0.05, 0) is 209 Å². The van der Waals surface area contributed by atoms with E-state index in [4.69, 9.17) is 39.0 Å². The van der Waals surface area contributed by atoms with Crippen molar-refractivity contribution in [3.8, 4) is 0 Å². The number of fused-ring (bicyclic) bond motifs is 4. The Bertz CT molecular complexity index is 4980. The predicted octanol–water partition coefficient (Wildman–Crippen LogP) is 6.16. The van der Waals surface area contributed by atoms with E-state index in [-0.39, 0.29) is 156 Å². The summed E-state index contributed by atoms with van der Waals surface area (Å²) in [7, 11) is 10.5. The topological polar surface area (TPSA) is 472 Å². The van der Waals surface area contributed by atoms with E-state index in [0.29, 0.717) is 89.2 Å². The second-order valence-electron chi connectivity index (χ2n) is 39.7. The standard InChI is InChI=1S/C49H72N8O10P2S.C48H70N8O10P2S/c1-29(50)51-18-10-16-37(48(64)66-49(2,3)4)53-45(61)41-23-31-13-8-9-17-39(31)57(41)47(63)42-22-30-12-6-7-14-32(30)26-56(42)46(62)38(28-65-68)54-43(59)33(21-36-15-11-19-70-36)20-34(58)25-52-44(60)40-24-35(67-69)27-55(40)5;1-28(49)50-17-9-15-36(47(63)65-48(2,3)4)53-44(60)40-22-30-12-7-8-16-39(30)56(40)46(62)41-21-29-11-5-6-13-31(29)26-55(41)45(61)38(27-64-67)54-42(58)32(20-35-14-10-18-69-35)19-33(57)24-52-43(59)37-23-34(66-68)25-51-37/h6-7,11-12,14-15,19,31,33,35,37-42H,8-10,13,16-18,20-28,68-69H2,1-5H3,(H2,50,51)(H,52,60)(H,53,61)(H,54,59);5-6,10-11,13-14,18,30,32,34,36-41,51H,7-9,12,15-17,19-27,67-68H2,1-4H3,(H2,49,50)(H,52,59)(H,53,60)(H,54,58)/t31?,33?,35-,37?,38?,39?,40?,41?,42?;30?,32?,34-,36?,37?,38?,39?,40?,41?/m00/s1. The van der Waals surface area contributed by atoms with Gasteiger partial charge in [0.25, 0.3) is 0 Å². The highest BCUT2D eigenvalue weighted by Crippen LogP contribution is 2.44. The number of nitrogens with one attached hydrogen (secondary N) is 7. The molecule has 0 bridgehead atoms. The van der Waals surface area contributed by atoms with Crippen molar-refractivity contribution in [1.82, 2.24) is 61.7 Å². The van der Waals surface area contributed by atoms with Gasteiger partial charge in [0.15, 0.2) is 11.6 Å². The Kier molecular flexibility index (Phi) is 41.8. The van der Waals surface area contributed by atoms with Crippen molar-refractivity contribution in [3.05, 3.63) is 116 Å². The second kappa shape index (κ2) is 52.5. The Morgan fingerprint density at radius 3 is 1.29 bits per heavy atom. The third kappa shape index (κ3) is 31.4. The van der Waals surface area contributed by atoms with Crippen LogP contribution in [0.15, 0.2) is 93.5 Å². The number of nitrogens with zero attached hydrogens (tertiary/aromatic N) is 7. The first-order valence-corrected chi connectivity index (χ1v) is 52.0. The van der Waals surface area contributed by atoms with E-state index in [1.807, 2.05) is 95.5 Å². The molecule has 6 aliphatic heterocycles. The third-order valence-electron chi connectivity index (χ3n) is 27.0. The van der Waals surface area contributed by atoms with Crippen LogP contribution in [-0.4, -0.2) is 274 Å². The average Bonchev–Trinajstić information content (AvgIpc) is 1.63. The van der Waals surface area contributed by atoms with Crippen LogP contribution >= 0.6 is 60.5 Å². The zero-order valence-corrected chi connectivity index (χ0v) is 87.4. The molecule has 2 aromatic heterocycles. The van der Waals surface area contributed by atoms with Crippen molar-refractivity contribution in [1.29, 1.82) is 0 Å². The first kappa shape index (κ1) is 111. The molecule has 22 atom stereocenters. The van der Waals surface area contributed by atoms with Gasteiger partial charge >= 0.3 is 11.9 Å². The summed E-state index contributed by atoms with van der Waals surface area (Å²) in [6, 6.07) is 12.6. The molecule has 2 aliphatic carbocycles. The summed E-state index contributed by atoms with van der Waals surface area (Å²) < 4.78 is 33.0. The summed E-state index contributed by atoms with van der Waals surface area (Å²) in [5, 5.41) is 23.9. The van der Waals surface area contributed by atoms with Crippen LogP contribution in [0.1, 0.15) is 203 Å². The van der Waals surface area contributed by atoms with Gasteiger partial charge in [0, 0.05) is 136 Å². The van der Waals surface area contributed by atoms with E-state index in [9.17, 15) is 47.9 Å². The van der Waals surface area contributed by atoms with Crippen molar-refractivity contribution >= 4 is 155 Å². The van der Waals surface area contributed by atoms with Crippen LogP contribution in [0, 0.1) is 23.7 Å². The highest BCUT2D eigenvalue weighted by atomic mass is 32.1. The number of amidine groups is 2. The van der Waals surface area contributed by atoms with E-state index in [2.05, 4.69) is 85.1 Å². The zero-order valence-electron chi connectivity index (χ0n) is 81.2. The molecule has 0 radical (unpaired) electrons. The number of likely N-dealkylation sites (N-methyl/N-ethyl adjacent to an activating group) is 1. The Morgan fingerprint density at radius 2 is 0.914 bits per heavy atom. The van der Waals surface area contributed by atoms with Gasteiger partial charge in [-0.3, -0.25) is 72.4 Å². The molecule has 8 heterocycles. The minimum absolute atomic E-state index is 0.0374. The Balaban J connectivity index is 0.000000266.